The van der Waals surface area contributed by atoms with Gasteiger partial charge in [0.15, 0.2) is 0 Å². The molecule has 2 aliphatic rings. The van der Waals surface area contributed by atoms with Gasteiger partial charge in [0.1, 0.15) is 0 Å². The minimum atomic E-state index is 0.667. The Morgan fingerprint density at radius 1 is 1.00 bits per heavy atom. The fourth-order valence-electron chi connectivity index (χ4n) is 3.80. The number of piperidine rings is 1. The number of nitrogens with one attached hydrogen (secondary N) is 1. The Morgan fingerprint density at radius 3 is 2.24 bits per heavy atom. The van der Waals surface area contributed by atoms with Crippen LogP contribution in [0.25, 0.3) is 0 Å². The zero-order chi connectivity index (χ0) is 15.1. The summed E-state index contributed by atoms with van der Waals surface area (Å²) in [6.07, 6.45) is 6.92. The molecule has 0 spiro atoms. The van der Waals surface area contributed by atoms with Crippen molar-refractivity contribution >= 4 is 0 Å². The Balaban J connectivity index is 1.67. The van der Waals surface area contributed by atoms with Crippen LogP contribution in [0.1, 0.15) is 52.9 Å². The molecule has 2 aliphatic heterocycles. The SMILES string of the molecule is CCCNC(CN1CCC(CN2CCCC2)CC1)C(C)C. The predicted molar refractivity (Wildman–Crippen MR) is 91.8 cm³/mol. The van der Waals surface area contributed by atoms with Gasteiger partial charge in [-0.25, -0.2) is 0 Å². The van der Waals surface area contributed by atoms with Crippen LogP contribution in [0.4, 0.5) is 0 Å². The van der Waals surface area contributed by atoms with Gasteiger partial charge in [0.05, 0.1) is 0 Å². The van der Waals surface area contributed by atoms with Crippen molar-refractivity contribution in [3.8, 4) is 0 Å². The highest BCUT2D eigenvalue weighted by molar-refractivity contribution is 4.81. The topological polar surface area (TPSA) is 18.5 Å². The number of likely N-dealkylation sites (tertiary alicyclic amines) is 2. The summed E-state index contributed by atoms with van der Waals surface area (Å²) in [5.74, 6) is 1.69. The number of rotatable bonds is 8. The Hall–Kier alpha value is -0.120. The third-order valence-corrected chi connectivity index (χ3v) is 5.34. The van der Waals surface area contributed by atoms with E-state index in [1.165, 1.54) is 71.4 Å². The summed E-state index contributed by atoms with van der Waals surface area (Å²) in [7, 11) is 0. The summed E-state index contributed by atoms with van der Waals surface area (Å²) < 4.78 is 0. The van der Waals surface area contributed by atoms with Gasteiger partial charge in [-0.2, -0.15) is 0 Å². The Morgan fingerprint density at radius 2 is 1.67 bits per heavy atom. The fourth-order valence-corrected chi connectivity index (χ4v) is 3.80. The third kappa shape index (κ3) is 5.88. The van der Waals surface area contributed by atoms with Crippen LogP contribution in [0.3, 0.4) is 0 Å². The molecule has 1 unspecified atom stereocenters. The quantitative estimate of drug-likeness (QED) is 0.743. The Kier molecular flexibility index (Phi) is 7.48. The molecular formula is C18H37N3. The maximum Gasteiger partial charge on any atom is 0.0217 e. The molecule has 2 saturated heterocycles. The highest BCUT2D eigenvalue weighted by atomic mass is 15.2. The van der Waals surface area contributed by atoms with Crippen molar-refractivity contribution in [2.75, 3.05) is 45.8 Å². The van der Waals surface area contributed by atoms with Crippen LogP contribution < -0.4 is 5.32 Å². The second-order valence-corrected chi connectivity index (χ2v) is 7.56. The van der Waals surface area contributed by atoms with Gasteiger partial charge in [0, 0.05) is 19.1 Å². The molecular weight excluding hydrogens is 258 g/mol. The standard InChI is InChI=1S/C18H37N3/c1-4-9-19-18(16(2)3)15-21-12-7-17(8-13-21)14-20-10-5-6-11-20/h16-19H,4-15H2,1-3H3. The van der Waals surface area contributed by atoms with Crippen molar-refractivity contribution < 1.29 is 0 Å². The van der Waals surface area contributed by atoms with Crippen LogP contribution in [0, 0.1) is 11.8 Å². The van der Waals surface area contributed by atoms with Crippen LogP contribution in [-0.4, -0.2) is 61.7 Å². The first kappa shape index (κ1) is 17.2. The van der Waals surface area contributed by atoms with Gasteiger partial charge >= 0.3 is 0 Å². The zero-order valence-corrected chi connectivity index (χ0v) is 14.6. The summed E-state index contributed by atoms with van der Waals surface area (Å²) in [6.45, 7) is 16.1. The van der Waals surface area contributed by atoms with Gasteiger partial charge in [0.25, 0.3) is 0 Å². The molecule has 3 heteroatoms. The van der Waals surface area contributed by atoms with Crippen LogP contribution in [0.15, 0.2) is 0 Å². The number of nitrogens with zero attached hydrogens (tertiary/aromatic N) is 2. The van der Waals surface area contributed by atoms with Crippen molar-refractivity contribution in [2.45, 2.75) is 58.9 Å². The number of hydrogen-bond donors (Lipinski definition) is 1. The molecule has 2 fully saturated rings. The average Bonchev–Trinajstić information content (AvgIpc) is 2.98. The van der Waals surface area contributed by atoms with Crippen molar-refractivity contribution in [3.63, 3.8) is 0 Å². The first-order valence-electron chi connectivity index (χ1n) is 9.37. The smallest absolute Gasteiger partial charge is 0.0217 e. The fraction of sp³-hybridized carbons (Fsp3) is 1.00. The first-order valence-corrected chi connectivity index (χ1v) is 9.37. The van der Waals surface area contributed by atoms with E-state index in [-0.39, 0.29) is 0 Å². The summed E-state index contributed by atoms with van der Waals surface area (Å²) in [5.41, 5.74) is 0. The van der Waals surface area contributed by atoms with Gasteiger partial charge in [-0.1, -0.05) is 20.8 Å². The molecule has 2 heterocycles. The van der Waals surface area contributed by atoms with Crippen molar-refractivity contribution in [2.24, 2.45) is 11.8 Å². The molecule has 0 aliphatic carbocycles. The van der Waals surface area contributed by atoms with E-state index in [1.54, 1.807) is 0 Å². The first-order chi connectivity index (χ1) is 10.2. The minimum Gasteiger partial charge on any atom is -0.312 e. The predicted octanol–water partition coefficient (Wildman–Crippen LogP) is 2.82. The Labute approximate surface area is 132 Å². The van der Waals surface area contributed by atoms with E-state index < -0.39 is 0 Å². The van der Waals surface area contributed by atoms with Gasteiger partial charge in [-0.3, -0.25) is 0 Å². The Bertz CT molecular complexity index is 266. The lowest BCUT2D eigenvalue weighted by atomic mass is 9.95. The maximum atomic E-state index is 3.74. The van der Waals surface area contributed by atoms with Crippen LogP contribution in [0.5, 0.6) is 0 Å². The van der Waals surface area contributed by atoms with E-state index in [4.69, 9.17) is 0 Å². The monoisotopic (exact) mass is 295 g/mol. The second kappa shape index (κ2) is 9.12. The molecule has 124 valence electrons. The minimum absolute atomic E-state index is 0.667. The van der Waals surface area contributed by atoms with E-state index in [9.17, 15) is 0 Å². The molecule has 1 atom stereocenters. The molecule has 0 saturated carbocycles. The summed E-state index contributed by atoms with van der Waals surface area (Å²) in [4.78, 5) is 5.40. The second-order valence-electron chi connectivity index (χ2n) is 7.56. The van der Waals surface area contributed by atoms with Gasteiger partial charge in [-0.05, 0) is 76.7 Å². The molecule has 0 aromatic rings. The molecule has 0 aromatic carbocycles. The van der Waals surface area contributed by atoms with E-state index in [1.807, 2.05) is 0 Å². The normalized spacial score (nSPS) is 24.0. The lowest BCUT2D eigenvalue weighted by Gasteiger charge is -2.36. The number of hydrogen-bond acceptors (Lipinski definition) is 3. The maximum absolute atomic E-state index is 3.74. The zero-order valence-electron chi connectivity index (χ0n) is 14.6. The average molecular weight is 296 g/mol. The molecule has 21 heavy (non-hydrogen) atoms. The van der Waals surface area contributed by atoms with Crippen molar-refractivity contribution in [3.05, 3.63) is 0 Å². The summed E-state index contributed by atoms with van der Waals surface area (Å²) in [6, 6.07) is 0.667. The third-order valence-electron chi connectivity index (χ3n) is 5.34. The van der Waals surface area contributed by atoms with Crippen LogP contribution in [0.2, 0.25) is 0 Å². The van der Waals surface area contributed by atoms with Crippen molar-refractivity contribution in [1.82, 2.24) is 15.1 Å². The van der Waals surface area contributed by atoms with Gasteiger partial charge in [-0.15, -0.1) is 0 Å². The lowest BCUT2D eigenvalue weighted by molar-refractivity contribution is 0.135. The molecule has 2 rings (SSSR count). The van der Waals surface area contributed by atoms with E-state index in [2.05, 4.69) is 35.9 Å². The molecule has 0 aromatic heterocycles. The van der Waals surface area contributed by atoms with Crippen LogP contribution in [-0.2, 0) is 0 Å². The molecule has 0 bridgehead atoms. The molecule has 0 amide bonds. The highest BCUT2D eigenvalue weighted by Gasteiger charge is 2.24. The van der Waals surface area contributed by atoms with Crippen LogP contribution >= 0.6 is 0 Å². The lowest BCUT2D eigenvalue weighted by Crippen LogP contribution is -2.47. The van der Waals surface area contributed by atoms with Crippen molar-refractivity contribution in [1.29, 1.82) is 0 Å². The summed E-state index contributed by atoms with van der Waals surface area (Å²) >= 11 is 0. The van der Waals surface area contributed by atoms with E-state index in [0.717, 1.165) is 18.4 Å². The van der Waals surface area contributed by atoms with E-state index >= 15 is 0 Å². The molecule has 3 nitrogen and oxygen atoms in total. The largest absolute Gasteiger partial charge is 0.312 e. The van der Waals surface area contributed by atoms with E-state index in [0.29, 0.717) is 6.04 Å². The molecule has 1 N–H and O–H groups in total. The molecule has 0 radical (unpaired) electrons. The summed E-state index contributed by atoms with van der Waals surface area (Å²) in [5, 5.41) is 3.74. The van der Waals surface area contributed by atoms with Gasteiger partial charge in [0.2, 0.25) is 0 Å². The van der Waals surface area contributed by atoms with Gasteiger partial charge < -0.3 is 15.1 Å². The highest BCUT2D eigenvalue weighted by Crippen LogP contribution is 2.21.